The Morgan fingerprint density at radius 3 is 2.58 bits per heavy atom. The molecule has 0 amide bonds. The van der Waals surface area contributed by atoms with E-state index in [1.807, 2.05) is 13.0 Å². The lowest BCUT2D eigenvalue weighted by Gasteiger charge is -2.62. The van der Waals surface area contributed by atoms with Crippen LogP contribution in [0.5, 0.6) is 0 Å². The van der Waals surface area contributed by atoms with E-state index in [0.29, 0.717) is 18.8 Å². The van der Waals surface area contributed by atoms with Gasteiger partial charge in [0, 0.05) is 18.8 Å². The lowest BCUT2D eigenvalue weighted by molar-refractivity contribution is -0.195. The van der Waals surface area contributed by atoms with E-state index in [9.17, 15) is 14.7 Å². The first-order valence-electron chi connectivity index (χ1n) is 9.86. The van der Waals surface area contributed by atoms with Gasteiger partial charge in [0.1, 0.15) is 6.10 Å². The number of carboxylic acid groups (broad SMARTS) is 1. The second-order valence-electron chi connectivity index (χ2n) is 9.16. The first-order chi connectivity index (χ1) is 12.1. The first-order valence-corrected chi connectivity index (χ1v) is 9.86. The molecule has 0 spiro atoms. The third kappa shape index (κ3) is 2.73. The average Bonchev–Trinajstić information content (AvgIpc) is 2.55. The molecule has 4 nitrogen and oxygen atoms in total. The number of carbonyl (C=O) groups excluding carboxylic acids is 1. The molecule has 7 unspecified atom stereocenters. The van der Waals surface area contributed by atoms with Crippen molar-refractivity contribution in [3.63, 3.8) is 0 Å². The van der Waals surface area contributed by atoms with Crippen molar-refractivity contribution < 1.29 is 19.4 Å². The van der Waals surface area contributed by atoms with Gasteiger partial charge in [-0.25, -0.2) is 0 Å². The molecule has 0 aromatic heterocycles. The molecule has 0 heterocycles. The second kappa shape index (κ2) is 6.54. The minimum absolute atomic E-state index is 0.0173. The summed E-state index contributed by atoms with van der Waals surface area (Å²) in [5.41, 5.74) is 0.362. The van der Waals surface area contributed by atoms with Crippen molar-refractivity contribution in [3.05, 3.63) is 24.8 Å². The summed E-state index contributed by atoms with van der Waals surface area (Å²) in [5, 5.41) is 10.0. The molecule has 0 bridgehead atoms. The van der Waals surface area contributed by atoms with E-state index >= 15 is 0 Å². The lowest BCUT2D eigenvalue weighted by Crippen LogP contribution is -2.61. The quantitative estimate of drug-likeness (QED) is 0.590. The summed E-state index contributed by atoms with van der Waals surface area (Å²) in [5.74, 6) is -0.358. The van der Waals surface area contributed by atoms with Crippen LogP contribution in [0.2, 0.25) is 0 Å². The Morgan fingerprint density at radius 1 is 1.31 bits per heavy atom. The van der Waals surface area contributed by atoms with Crippen LogP contribution < -0.4 is 0 Å². The summed E-state index contributed by atoms with van der Waals surface area (Å²) in [6.07, 6.45) is 6.94. The van der Waals surface area contributed by atoms with Crippen LogP contribution in [0.3, 0.4) is 0 Å². The topological polar surface area (TPSA) is 63.6 Å². The molecule has 3 aliphatic carbocycles. The van der Waals surface area contributed by atoms with E-state index in [1.165, 1.54) is 6.92 Å². The van der Waals surface area contributed by atoms with Gasteiger partial charge in [-0.1, -0.05) is 31.6 Å². The molecule has 0 aromatic rings. The van der Waals surface area contributed by atoms with Crippen LogP contribution in [-0.2, 0) is 14.3 Å². The van der Waals surface area contributed by atoms with Crippen molar-refractivity contribution in [3.8, 4) is 0 Å². The molecular formula is C22H32O4. The Morgan fingerprint density at radius 2 is 2.00 bits per heavy atom. The number of fused-ring (bicyclic) bond motifs is 3. The molecule has 0 aromatic carbocycles. The van der Waals surface area contributed by atoms with Crippen molar-refractivity contribution in [2.45, 2.75) is 65.4 Å². The van der Waals surface area contributed by atoms with Gasteiger partial charge in [0.05, 0.1) is 5.41 Å². The van der Waals surface area contributed by atoms with Crippen LogP contribution in [0, 0.1) is 34.5 Å². The largest absolute Gasteiger partial charge is 0.481 e. The Bertz CT molecular complexity index is 638. The predicted molar refractivity (Wildman–Crippen MR) is 100 cm³/mol. The highest BCUT2D eigenvalue weighted by atomic mass is 16.5. The van der Waals surface area contributed by atoms with Gasteiger partial charge in [-0.15, -0.1) is 6.58 Å². The van der Waals surface area contributed by atoms with Gasteiger partial charge in [0.2, 0.25) is 0 Å². The van der Waals surface area contributed by atoms with E-state index in [4.69, 9.17) is 4.74 Å². The number of esters is 1. The number of hydrogen-bond donors (Lipinski definition) is 1. The highest BCUT2D eigenvalue weighted by Gasteiger charge is 2.63. The maximum absolute atomic E-state index is 12.2. The second-order valence-corrected chi connectivity index (χ2v) is 9.16. The summed E-state index contributed by atoms with van der Waals surface area (Å²) in [7, 11) is 0. The van der Waals surface area contributed by atoms with E-state index < -0.39 is 11.4 Å². The third-order valence-electron chi connectivity index (χ3n) is 7.91. The van der Waals surface area contributed by atoms with Gasteiger partial charge in [0.25, 0.3) is 0 Å². The molecule has 4 heteroatoms. The maximum Gasteiger partial charge on any atom is 0.309 e. The fourth-order valence-electron chi connectivity index (χ4n) is 6.68. The lowest BCUT2D eigenvalue weighted by atomic mass is 9.42. The number of rotatable bonds is 3. The summed E-state index contributed by atoms with van der Waals surface area (Å²) >= 11 is 0. The third-order valence-corrected chi connectivity index (χ3v) is 7.91. The number of hydrogen-bond acceptors (Lipinski definition) is 3. The molecule has 144 valence electrons. The molecule has 0 saturated heterocycles. The molecule has 0 aliphatic heterocycles. The predicted octanol–water partition coefficient (Wildman–Crippen LogP) is 4.60. The zero-order chi connectivity index (χ0) is 19.3. The molecule has 3 fully saturated rings. The van der Waals surface area contributed by atoms with Gasteiger partial charge in [-0.2, -0.15) is 0 Å². The molecule has 3 saturated carbocycles. The fraction of sp³-hybridized carbons (Fsp3) is 0.727. The molecule has 26 heavy (non-hydrogen) atoms. The van der Waals surface area contributed by atoms with E-state index in [1.54, 1.807) is 0 Å². The van der Waals surface area contributed by atoms with Gasteiger partial charge in [-0.05, 0) is 56.3 Å². The molecule has 3 rings (SSSR count). The number of carbonyl (C=O) groups is 2. The van der Waals surface area contributed by atoms with Crippen molar-refractivity contribution >= 4 is 11.9 Å². The highest BCUT2D eigenvalue weighted by molar-refractivity contribution is 5.75. The van der Waals surface area contributed by atoms with Gasteiger partial charge < -0.3 is 9.84 Å². The van der Waals surface area contributed by atoms with E-state index in [-0.39, 0.29) is 35.2 Å². The molecule has 1 N–H and O–H groups in total. The number of aliphatic carboxylic acids is 1. The summed E-state index contributed by atoms with van der Waals surface area (Å²) in [4.78, 5) is 24.0. The van der Waals surface area contributed by atoms with Crippen molar-refractivity contribution in [2.24, 2.45) is 34.5 Å². The maximum atomic E-state index is 12.2. The summed E-state index contributed by atoms with van der Waals surface area (Å²) in [6, 6.07) is 0. The van der Waals surface area contributed by atoms with Crippen molar-refractivity contribution in [2.75, 3.05) is 0 Å². The summed E-state index contributed by atoms with van der Waals surface area (Å²) < 4.78 is 5.79. The standard InChI is InChI=1S/C22H32O4/c1-6-15-13(2)8-9-16-19(15)17(26-14(3)23)12-18-21(16,4)10-7-11-22(18,5)20(24)25/h6,15-19H,1-2,7-12H2,3-5H3,(H,24,25). The van der Waals surface area contributed by atoms with Crippen LogP contribution in [0.1, 0.15) is 59.3 Å². The van der Waals surface area contributed by atoms with Crippen LogP contribution in [0.25, 0.3) is 0 Å². The average molecular weight is 360 g/mol. The Kier molecular flexibility index (Phi) is 4.83. The van der Waals surface area contributed by atoms with Crippen LogP contribution in [-0.4, -0.2) is 23.1 Å². The molecule has 0 radical (unpaired) electrons. The fourth-order valence-corrected chi connectivity index (χ4v) is 6.68. The minimum Gasteiger partial charge on any atom is -0.481 e. The van der Waals surface area contributed by atoms with Crippen molar-refractivity contribution in [1.29, 1.82) is 0 Å². The minimum atomic E-state index is -0.755. The Balaban J connectivity index is 2.08. The molecular weight excluding hydrogens is 328 g/mol. The monoisotopic (exact) mass is 360 g/mol. The van der Waals surface area contributed by atoms with Gasteiger partial charge in [-0.3, -0.25) is 9.59 Å². The van der Waals surface area contributed by atoms with Crippen LogP contribution >= 0.6 is 0 Å². The SMILES string of the molecule is C=CC1C(=C)CCC2C1C(OC(C)=O)CC1C(C)(C(=O)O)CCCC21C. The van der Waals surface area contributed by atoms with Crippen LogP contribution in [0.15, 0.2) is 24.8 Å². The molecule has 7 atom stereocenters. The van der Waals surface area contributed by atoms with E-state index in [2.05, 4.69) is 20.1 Å². The zero-order valence-corrected chi connectivity index (χ0v) is 16.3. The zero-order valence-electron chi connectivity index (χ0n) is 16.3. The number of allylic oxidation sites excluding steroid dienone is 2. The van der Waals surface area contributed by atoms with E-state index in [0.717, 1.165) is 31.3 Å². The Hall–Kier alpha value is -1.58. The first kappa shape index (κ1) is 19.2. The molecule has 3 aliphatic rings. The normalized spacial score (nSPS) is 45.2. The van der Waals surface area contributed by atoms with Gasteiger partial charge >= 0.3 is 11.9 Å². The van der Waals surface area contributed by atoms with Crippen molar-refractivity contribution in [1.82, 2.24) is 0 Å². The smallest absolute Gasteiger partial charge is 0.309 e. The number of carboxylic acids is 1. The van der Waals surface area contributed by atoms with Crippen LogP contribution in [0.4, 0.5) is 0 Å². The number of ether oxygens (including phenoxy) is 1. The Labute approximate surface area is 156 Å². The van der Waals surface area contributed by atoms with Gasteiger partial charge in [0.15, 0.2) is 0 Å². The summed E-state index contributed by atoms with van der Waals surface area (Å²) in [6.45, 7) is 13.9. The highest BCUT2D eigenvalue weighted by Crippen LogP contribution is 2.65.